The second kappa shape index (κ2) is 6.71. The molecule has 0 spiro atoms. The third-order valence-electron chi connectivity index (χ3n) is 3.25. The van der Waals surface area contributed by atoms with Gasteiger partial charge in [0.05, 0.1) is 20.3 Å². The highest BCUT2D eigenvalue weighted by Gasteiger charge is 2.28. The van der Waals surface area contributed by atoms with E-state index in [2.05, 4.69) is 0 Å². The van der Waals surface area contributed by atoms with E-state index in [4.69, 9.17) is 4.74 Å². The van der Waals surface area contributed by atoms with Gasteiger partial charge in [-0.05, 0) is 30.5 Å². The van der Waals surface area contributed by atoms with Gasteiger partial charge in [0.1, 0.15) is 0 Å². The second-order valence-corrected chi connectivity index (χ2v) is 4.71. The zero-order valence-corrected chi connectivity index (χ0v) is 10.9. The number of halogens is 1. The number of aliphatic hydroxyl groups excluding tert-OH is 2. The van der Waals surface area contributed by atoms with Crippen LogP contribution in [0.2, 0.25) is 0 Å². The summed E-state index contributed by atoms with van der Waals surface area (Å²) in [7, 11) is 1.42. The van der Waals surface area contributed by atoms with Crippen LogP contribution in [0.1, 0.15) is 25.3 Å². The Kier molecular flexibility index (Phi) is 5.56. The summed E-state index contributed by atoms with van der Waals surface area (Å²) in [6.07, 6.45) is 2.02. The van der Waals surface area contributed by atoms with Crippen molar-refractivity contribution in [2.75, 3.05) is 20.3 Å². The molecule has 1 aromatic carbocycles. The predicted molar refractivity (Wildman–Crippen MR) is 68.2 cm³/mol. The van der Waals surface area contributed by atoms with Crippen LogP contribution in [0, 0.1) is 11.2 Å². The second-order valence-electron chi connectivity index (χ2n) is 4.71. The number of hydrogen-bond donors (Lipinski definition) is 2. The Bertz CT molecular complexity index is 375. The molecule has 0 unspecified atom stereocenters. The lowest BCUT2D eigenvalue weighted by Crippen LogP contribution is -2.32. The van der Waals surface area contributed by atoms with E-state index >= 15 is 0 Å². The molecule has 0 amide bonds. The standard InChI is InChI=1S/C14H21FO3/c1-3-6-14(9-16,10-17)8-11-4-5-13(18-2)12(15)7-11/h4-5,7,16-17H,3,6,8-10H2,1-2H3. The molecule has 0 aromatic heterocycles. The van der Waals surface area contributed by atoms with Gasteiger partial charge in [0.2, 0.25) is 0 Å². The molecule has 3 nitrogen and oxygen atoms in total. The Hall–Kier alpha value is -1.13. The number of rotatable bonds is 7. The van der Waals surface area contributed by atoms with Gasteiger partial charge in [-0.3, -0.25) is 0 Å². The maximum absolute atomic E-state index is 13.6. The van der Waals surface area contributed by atoms with Crippen LogP contribution in [0.15, 0.2) is 18.2 Å². The van der Waals surface area contributed by atoms with Crippen molar-refractivity contribution in [3.63, 3.8) is 0 Å². The van der Waals surface area contributed by atoms with E-state index in [1.165, 1.54) is 13.2 Å². The number of ether oxygens (including phenoxy) is 1. The van der Waals surface area contributed by atoms with Crippen molar-refractivity contribution in [1.29, 1.82) is 0 Å². The molecule has 18 heavy (non-hydrogen) atoms. The number of aliphatic hydroxyl groups is 2. The van der Waals surface area contributed by atoms with Crippen LogP contribution in [-0.4, -0.2) is 30.5 Å². The molecule has 0 atom stereocenters. The Morgan fingerprint density at radius 1 is 1.28 bits per heavy atom. The van der Waals surface area contributed by atoms with Crippen molar-refractivity contribution in [2.24, 2.45) is 5.41 Å². The van der Waals surface area contributed by atoms with Gasteiger partial charge in [-0.2, -0.15) is 0 Å². The molecule has 0 aliphatic heterocycles. The van der Waals surface area contributed by atoms with Crippen molar-refractivity contribution in [1.82, 2.24) is 0 Å². The molecule has 0 bridgehead atoms. The van der Waals surface area contributed by atoms with Gasteiger partial charge >= 0.3 is 0 Å². The van der Waals surface area contributed by atoms with Gasteiger partial charge in [0, 0.05) is 5.41 Å². The summed E-state index contributed by atoms with van der Waals surface area (Å²) in [5.74, 6) is -0.218. The van der Waals surface area contributed by atoms with E-state index in [0.29, 0.717) is 12.8 Å². The van der Waals surface area contributed by atoms with E-state index in [0.717, 1.165) is 12.0 Å². The first-order chi connectivity index (χ1) is 8.60. The molecule has 4 heteroatoms. The van der Waals surface area contributed by atoms with Gasteiger partial charge in [-0.1, -0.05) is 19.4 Å². The van der Waals surface area contributed by atoms with Crippen LogP contribution in [0.5, 0.6) is 5.75 Å². The fraction of sp³-hybridized carbons (Fsp3) is 0.571. The van der Waals surface area contributed by atoms with E-state index in [1.807, 2.05) is 6.92 Å². The summed E-state index contributed by atoms with van der Waals surface area (Å²) < 4.78 is 18.4. The molecule has 0 aliphatic rings. The van der Waals surface area contributed by atoms with Crippen molar-refractivity contribution in [3.05, 3.63) is 29.6 Å². The highest BCUT2D eigenvalue weighted by atomic mass is 19.1. The quantitative estimate of drug-likeness (QED) is 0.786. The van der Waals surface area contributed by atoms with Crippen LogP contribution in [-0.2, 0) is 6.42 Å². The number of benzene rings is 1. The number of hydrogen-bond acceptors (Lipinski definition) is 3. The van der Waals surface area contributed by atoms with Crippen molar-refractivity contribution < 1.29 is 19.3 Å². The first kappa shape index (κ1) is 14.9. The van der Waals surface area contributed by atoms with E-state index in [-0.39, 0.29) is 19.0 Å². The van der Waals surface area contributed by atoms with Crippen molar-refractivity contribution in [2.45, 2.75) is 26.2 Å². The van der Waals surface area contributed by atoms with E-state index in [1.54, 1.807) is 12.1 Å². The Morgan fingerprint density at radius 3 is 2.39 bits per heavy atom. The summed E-state index contributed by atoms with van der Waals surface area (Å²) in [5, 5.41) is 18.9. The van der Waals surface area contributed by atoms with Gasteiger partial charge < -0.3 is 14.9 Å². The SMILES string of the molecule is CCCC(CO)(CO)Cc1ccc(OC)c(F)c1. The van der Waals surface area contributed by atoms with Gasteiger partial charge in [-0.25, -0.2) is 4.39 Å². The van der Waals surface area contributed by atoms with E-state index < -0.39 is 11.2 Å². The molecule has 1 aromatic rings. The Labute approximate surface area is 107 Å². The minimum absolute atomic E-state index is 0.106. The van der Waals surface area contributed by atoms with Crippen LogP contribution in [0.3, 0.4) is 0 Å². The van der Waals surface area contributed by atoms with Crippen molar-refractivity contribution in [3.8, 4) is 5.75 Å². The zero-order chi connectivity index (χ0) is 13.6. The summed E-state index contributed by atoms with van der Waals surface area (Å²) in [4.78, 5) is 0. The normalized spacial score (nSPS) is 11.6. The highest BCUT2D eigenvalue weighted by molar-refractivity contribution is 5.30. The molecule has 0 fully saturated rings. The first-order valence-corrected chi connectivity index (χ1v) is 6.15. The summed E-state index contributed by atoms with van der Waals surface area (Å²) in [5.41, 5.74) is 0.181. The maximum atomic E-state index is 13.6. The Balaban J connectivity index is 2.90. The Morgan fingerprint density at radius 2 is 1.94 bits per heavy atom. The molecule has 2 N–H and O–H groups in total. The van der Waals surface area contributed by atoms with Crippen LogP contribution in [0.4, 0.5) is 4.39 Å². The molecule has 1 rings (SSSR count). The van der Waals surface area contributed by atoms with Crippen LogP contribution < -0.4 is 4.74 Å². The van der Waals surface area contributed by atoms with Gasteiger partial charge in [0.15, 0.2) is 11.6 Å². The molecule has 0 saturated carbocycles. The van der Waals surface area contributed by atoms with Crippen LogP contribution >= 0.6 is 0 Å². The molecule has 102 valence electrons. The minimum atomic E-state index is -0.574. The third kappa shape index (κ3) is 3.43. The fourth-order valence-corrected chi connectivity index (χ4v) is 2.19. The number of methoxy groups -OCH3 is 1. The lowest BCUT2D eigenvalue weighted by Gasteiger charge is -2.29. The zero-order valence-electron chi connectivity index (χ0n) is 10.9. The van der Waals surface area contributed by atoms with Crippen LogP contribution in [0.25, 0.3) is 0 Å². The lowest BCUT2D eigenvalue weighted by molar-refractivity contribution is 0.0465. The average Bonchev–Trinajstić information content (AvgIpc) is 2.38. The predicted octanol–water partition coefficient (Wildman–Crippen LogP) is 2.15. The third-order valence-corrected chi connectivity index (χ3v) is 3.25. The van der Waals surface area contributed by atoms with Gasteiger partial charge in [-0.15, -0.1) is 0 Å². The summed E-state index contributed by atoms with van der Waals surface area (Å²) >= 11 is 0. The smallest absolute Gasteiger partial charge is 0.165 e. The molecular weight excluding hydrogens is 235 g/mol. The topological polar surface area (TPSA) is 49.7 Å². The van der Waals surface area contributed by atoms with E-state index in [9.17, 15) is 14.6 Å². The molecular formula is C14H21FO3. The average molecular weight is 256 g/mol. The molecule has 0 heterocycles. The summed E-state index contributed by atoms with van der Waals surface area (Å²) in [6, 6.07) is 4.72. The first-order valence-electron chi connectivity index (χ1n) is 6.15. The monoisotopic (exact) mass is 256 g/mol. The lowest BCUT2D eigenvalue weighted by atomic mass is 9.79. The van der Waals surface area contributed by atoms with Crippen molar-refractivity contribution >= 4 is 0 Å². The molecule has 0 radical (unpaired) electrons. The maximum Gasteiger partial charge on any atom is 0.165 e. The largest absolute Gasteiger partial charge is 0.494 e. The molecule has 0 saturated heterocycles. The minimum Gasteiger partial charge on any atom is -0.494 e. The summed E-state index contributed by atoms with van der Waals surface area (Å²) in [6.45, 7) is 1.78. The van der Waals surface area contributed by atoms with Gasteiger partial charge in [0.25, 0.3) is 0 Å². The fourth-order valence-electron chi connectivity index (χ4n) is 2.19. The molecule has 0 aliphatic carbocycles. The highest BCUT2D eigenvalue weighted by Crippen LogP contribution is 2.29.